The third-order valence-corrected chi connectivity index (χ3v) is 5.77. The second-order valence-electron chi connectivity index (χ2n) is 7.55. The van der Waals surface area contributed by atoms with Crippen LogP contribution in [0.3, 0.4) is 0 Å². The summed E-state index contributed by atoms with van der Waals surface area (Å²) in [6, 6.07) is 9.66. The van der Waals surface area contributed by atoms with Gasteiger partial charge in [-0.1, -0.05) is 19.3 Å². The van der Waals surface area contributed by atoms with E-state index in [0.717, 1.165) is 32.1 Å². The maximum Gasteiger partial charge on any atom is 0.261 e. The fourth-order valence-electron chi connectivity index (χ4n) is 4.18. The largest absolute Gasteiger partial charge is 0.497 e. The average molecular weight is 408 g/mol. The topological polar surface area (TPSA) is 84.9 Å². The Morgan fingerprint density at radius 3 is 2.37 bits per heavy atom. The standard InChI is InChI=1S/C23H24N2O5/c1-29-16-9-11-20(30-2)19(13-16)24-21(26)14-8-10-17-18(12-14)23(28)25(22(17)27)15-6-4-3-5-7-15/h8-13,15H,3-7H2,1-2H3,(H,24,26). The van der Waals surface area contributed by atoms with Crippen LogP contribution < -0.4 is 14.8 Å². The molecule has 1 aliphatic heterocycles. The van der Waals surface area contributed by atoms with Crippen molar-refractivity contribution in [2.45, 2.75) is 38.1 Å². The summed E-state index contributed by atoms with van der Waals surface area (Å²) in [5.74, 6) is 0.0866. The van der Waals surface area contributed by atoms with Crippen molar-refractivity contribution in [3.05, 3.63) is 53.1 Å². The van der Waals surface area contributed by atoms with Crippen molar-refractivity contribution in [1.29, 1.82) is 0 Å². The first-order chi connectivity index (χ1) is 14.5. The minimum Gasteiger partial charge on any atom is -0.497 e. The summed E-state index contributed by atoms with van der Waals surface area (Å²) < 4.78 is 10.5. The van der Waals surface area contributed by atoms with E-state index in [1.807, 2.05) is 0 Å². The number of amides is 3. The molecule has 2 aromatic rings. The molecule has 0 radical (unpaired) electrons. The Labute approximate surface area is 175 Å². The van der Waals surface area contributed by atoms with Crippen LogP contribution in [0, 0.1) is 0 Å². The molecule has 4 rings (SSSR count). The zero-order valence-electron chi connectivity index (χ0n) is 17.1. The molecule has 7 nitrogen and oxygen atoms in total. The fraction of sp³-hybridized carbons (Fsp3) is 0.348. The van der Waals surface area contributed by atoms with Gasteiger partial charge in [0.15, 0.2) is 0 Å². The van der Waals surface area contributed by atoms with E-state index in [4.69, 9.17) is 9.47 Å². The highest BCUT2D eigenvalue weighted by Gasteiger charge is 2.40. The van der Waals surface area contributed by atoms with Crippen molar-refractivity contribution in [1.82, 2.24) is 4.90 Å². The molecule has 0 spiro atoms. The van der Waals surface area contributed by atoms with Crippen LogP contribution in [0.5, 0.6) is 11.5 Å². The number of anilines is 1. The lowest BCUT2D eigenvalue weighted by Crippen LogP contribution is -2.40. The Balaban J connectivity index is 1.58. The van der Waals surface area contributed by atoms with Gasteiger partial charge in [-0.15, -0.1) is 0 Å². The van der Waals surface area contributed by atoms with Gasteiger partial charge in [0.2, 0.25) is 0 Å². The summed E-state index contributed by atoms with van der Waals surface area (Å²) in [6.45, 7) is 0. The van der Waals surface area contributed by atoms with Gasteiger partial charge in [-0.2, -0.15) is 0 Å². The summed E-state index contributed by atoms with van der Waals surface area (Å²) in [4.78, 5) is 40.0. The van der Waals surface area contributed by atoms with Crippen LogP contribution in [0.4, 0.5) is 5.69 Å². The molecule has 2 aromatic carbocycles. The number of hydrogen-bond donors (Lipinski definition) is 1. The van der Waals surface area contributed by atoms with Crippen molar-refractivity contribution in [2.75, 3.05) is 19.5 Å². The number of benzene rings is 2. The van der Waals surface area contributed by atoms with Crippen molar-refractivity contribution < 1.29 is 23.9 Å². The monoisotopic (exact) mass is 408 g/mol. The number of fused-ring (bicyclic) bond motifs is 1. The van der Waals surface area contributed by atoms with E-state index in [9.17, 15) is 14.4 Å². The Kier molecular flexibility index (Phi) is 5.44. The molecule has 156 valence electrons. The van der Waals surface area contributed by atoms with E-state index in [2.05, 4.69) is 5.32 Å². The molecule has 0 unspecified atom stereocenters. The maximum atomic E-state index is 13.0. The Hall–Kier alpha value is -3.35. The number of hydrogen-bond acceptors (Lipinski definition) is 5. The van der Waals surface area contributed by atoms with Gasteiger partial charge in [-0.3, -0.25) is 19.3 Å². The molecule has 1 aliphatic carbocycles. The molecule has 1 saturated carbocycles. The second kappa shape index (κ2) is 8.18. The van der Waals surface area contributed by atoms with Crippen LogP contribution in [0.15, 0.2) is 36.4 Å². The molecule has 30 heavy (non-hydrogen) atoms. The summed E-state index contributed by atoms with van der Waals surface area (Å²) >= 11 is 0. The predicted octanol–water partition coefficient (Wildman–Crippen LogP) is 3.88. The van der Waals surface area contributed by atoms with Crippen LogP contribution in [0.25, 0.3) is 0 Å². The van der Waals surface area contributed by atoms with Gasteiger partial charge in [-0.25, -0.2) is 0 Å². The minimum atomic E-state index is -0.402. The molecule has 1 fully saturated rings. The number of methoxy groups -OCH3 is 2. The molecule has 1 heterocycles. The maximum absolute atomic E-state index is 13.0. The minimum absolute atomic E-state index is 0.0514. The van der Waals surface area contributed by atoms with E-state index in [1.54, 1.807) is 30.3 Å². The highest BCUT2D eigenvalue weighted by atomic mass is 16.5. The summed E-state index contributed by atoms with van der Waals surface area (Å²) in [5, 5.41) is 2.79. The van der Waals surface area contributed by atoms with Gasteiger partial charge >= 0.3 is 0 Å². The highest BCUT2D eigenvalue weighted by molar-refractivity contribution is 6.22. The first kappa shape index (κ1) is 19.9. The van der Waals surface area contributed by atoms with Gasteiger partial charge in [0.25, 0.3) is 17.7 Å². The number of ether oxygens (including phenoxy) is 2. The van der Waals surface area contributed by atoms with Crippen molar-refractivity contribution in [2.24, 2.45) is 0 Å². The van der Waals surface area contributed by atoms with Gasteiger partial charge in [0.1, 0.15) is 11.5 Å². The van der Waals surface area contributed by atoms with Crippen LogP contribution in [0.1, 0.15) is 63.2 Å². The molecule has 3 amide bonds. The van der Waals surface area contributed by atoms with E-state index in [-0.39, 0.29) is 23.4 Å². The van der Waals surface area contributed by atoms with Crippen molar-refractivity contribution >= 4 is 23.4 Å². The van der Waals surface area contributed by atoms with Gasteiger partial charge in [0, 0.05) is 17.7 Å². The van der Waals surface area contributed by atoms with Crippen molar-refractivity contribution in [3.63, 3.8) is 0 Å². The number of nitrogens with one attached hydrogen (secondary N) is 1. The van der Waals surface area contributed by atoms with Gasteiger partial charge in [-0.05, 0) is 43.2 Å². The second-order valence-corrected chi connectivity index (χ2v) is 7.55. The molecule has 1 N–H and O–H groups in total. The molecule has 2 aliphatic rings. The summed E-state index contributed by atoms with van der Waals surface area (Å²) in [5.41, 5.74) is 1.40. The quantitative estimate of drug-likeness (QED) is 0.759. The summed E-state index contributed by atoms with van der Waals surface area (Å²) in [7, 11) is 3.05. The average Bonchev–Trinajstić information content (AvgIpc) is 3.03. The van der Waals surface area contributed by atoms with Crippen LogP contribution in [0.2, 0.25) is 0 Å². The zero-order chi connectivity index (χ0) is 21.3. The molecular weight excluding hydrogens is 384 g/mol. The van der Waals surface area contributed by atoms with E-state index in [1.165, 1.54) is 25.2 Å². The van der Waals surface area contributed by atoms with Crippen LogP contribution in [-0.2, 0) is 0 Å². The Morgan fingerprint density at radius 2 is 1.67 bits per heavy atom. The molecule has 0 aromatic heterocycles. The third kappa shape index (κ3) is 3.51. The van der Waals surface area contributed by atoms with E-state index < -0.39 is 5.91 Å². The van der Waals surface area contributed by atoms with E-state index >= 15 is 0 Å². The normalized spacial score (nSPS) is 16.4. The van der Waals surface area contributed by atoms with Crippen molar-refractivity contribution in [3.8, 4) is 11.5 Å². The molecule has 0 saturated heterocycles. The number of imide groups is 1. The Morgan fingerprint density at radius 1 is 0.933 bits per heavy atom. The molecule has 7 heteroatoms. The van der Waals surface area contributed by atoms with E-state index in [0.29, 0.717) is 28.3 Å². The third-order valence-electron chi connectivity index (χ3n) is 5.77. The Bertz CT molecular complexity index is 1010. The molecular formula is C23H24N2O5. The lowest BCUT2D eigenvalue weighted by atomic mass is 9.94. The number of carbonyl (C=O) groups excluding carboxylic acids is 3. The summed E-state index contributed by atoms with van der Waals surface area (Å²) in [6.07, 6.45) is 4.86. The van der Waals surface area contributed by atoms with Gasteiger partial charge < -0.3 is 14.8 Å². The van der Waals surface area contributed by atoms with Crippen LogP contribution >= 0.6 is 0 Å². The number of carbonyl (C=O) groups is 3. The van der Waals surface area contributed by atoms with Gasteiger partial charge in [0.05, 0.1) is 31.0 Å². The lowest BCUT2D eigenvalue weighted by molar-refractivity contribution is 0.0549. The number of rotatable bonds is 5. The smallest absolute Gasteiger partial charge is 0.261 e. The first-order valence-electron chi connectivity index (χ1n) is 10.1. The lowest BCUT2D eigenvalue weighted by Gasteiger charge is -2.29. The SMILES string of the molecule is COc1ccc(OC)c(NC(=O)c2ccc3c(c2)C(=O)N(C2CCCCC2)C3=O)c1. The predicted molar refractivity (Wildman–Crippen MR) is 111 cm³/mol. The fourth-order valence-corrected chi connectivity index (χ4v) is 4.18. The molecule has 0 bridgehead atoms. The highest BCUT2D eigenvalue weighted by Crippen LogP contribution is 2.32. The molecule has 0 atom stereocenters. The zero-order valence-corrected chi connectivity index (χ0v) is 17.1. The number of nitrogens with zero attached hydrogens (tertiary/aromatic N) is 1. The first-order valence-corrected chi connectivity index (χ1v) is 10.1. The van der Waals surface area contributed by atoms with Crippen LogP contribution in [-0.4, -0.2) is 42.9 Å².